The van der Waals surface area contributed by atoms with E-state index in [1.807, 2.05) is 12.1 Å². The summed E-state index contributed by atoms with van der Waals surface area (Å²) in [4.78, 5) is 8.20. The van der Waals surface area contributed by atoms with Crippen LogP contribution < -0.4 is 16.2 Å². The molecule has 0 saturated heterocycles. The number of fused-ring (bicyclic) bond motifs is 4. The lowest BCUT2D eigenvalue weighted by molar-refractivity contribution is 0.0635. The zero-order chi connectivity index (χ0) is 15.3. The predicted molar refractivity (Wildman–Crippen MR) is 83.1 cm³/mol. The number of amidine groups is 1. The second-order valence-corrected chi connectivity index (χ2v) is 5.65. The summed E-state index contributed by atoms with van der Waals surface area (Å²) in [5.41, 5.74) is 13.2. The van der Waals surface area contributed by atoms with Crippen LogP contribution in [0.3, 0.4) is 0 Å². The van der Waals surface area contributed by atoms with Crippen molar-refractivity contribution in [3.05, 3.63) is 46.7 Å². The summed E-state index contributed by atoms with van der Waals surface area (Å²) in [7, 11) is 0. The average Bonchev–Trinajstić information content (AvgIpc) is 2.49. The molecule has 1 aromatic carbocycles. The lowest BCUT2D eigenvalue weighted by atomic mass is 9.80. The smallest absolute Gasteiger partial charge is 0.283 e. The highest BCUT2D eigenvalue weighted by atomic mass is 35.5. The number of ether oxygens (including phenoxy) is 2. The van der Waals surface area contributed by atoms with E-state index >= 15 is 0 Å². The van der Waals surface area contributed by atoms with Crippen LogP contribution in [0.2, 0.25) is 5.15 Å². The average molecular weight is 317 g/mol. The summed E-state index contributed by atoms with van der Waals surface area (Å²) in [5, 5.41) is 0.360. The van der Waals surface area contributed by atoms with Gasteiger partial charge in [-0.05, 0) is 24.3 Å². The minimum Gasteiger partial charge on any atom is -0.455 e. The molecule has 0 fully saturated rings. The van der Waals surface area contributed by atoms with Crippen LogP contribution in [0, 0.1) is 0 Å². The number of nitrogen functional groups attached to an aromatic ring is 1. The zero-order valence-electron chi connectivity index (χ0n) is 11.5. The maximum atomic E-state index is 6.07. The molecule has 1 unspecified atom stereocenters. The Bertz CT molecular complexity index is 755. The van der Waals surface area contributed by atoms with Gasteiger partial charge in [0.25, 0.3) is 6.02 Å². The summed E-state index contributed by atoms with van der Waals surface area (Å²) >= 11 is 6.07. The van der Waals surface area contributed by atoms with Gasteiger partial charge in [-0.1, -0.05) is 11.6 Å². The van der Waals surface area contributed by atoms with E-state index in [9.17, 15) is 0 Å². The molecular formula is C15H13ClN4O2. The van der Waals surface area contributed by atoms with E-state index in [0.29, 0.717) is 35.3 Å². The summed E-state index contributed by atoms with van der Waals surface area (Å²) in [5.74, 6) is 1.26. The van der Waals surface area contributed by atoms with E-state index in [1.54, 1.807) is 18.3 Å². The molecule has 0 bridgehead atoms. The summed E-state index contributed by atoms with van der Waals surface area (Å²) in [6, 6.07) is 7.31. The lowest BCUT2D eigenvalue weighted by Gasteiger charge is -2.41. The zero-order valence-corrected chi connectivity index (χ0v) is 12.3. The van der Waals surface area contributed by atoms with Gasteiger partial charge in [0.1, 0.15) is 10.9 Å². The van der Waals surface area contributed by atoms with Crippen molar-refractivity contribution >= 4 is 23.3 Å². The molecule has 7 heteroatoms. The number of nitrogens with two attached hydrogens (primary N) is 2. The van der Waals surface area contributed by atoms with Crippen molar-refractivity contribution in [2.75, 3.05) is 12.3 Å². The summed E-state index contributed by atoms with van der Waals surface area (Å²) < 4.78 is 11.9. The number of nitrogens with zero attached hydrogens (tertiary/aromatic N) is 2. The molecule has 2 aliphatic rings. The molecule has 2 aromatic rings. The molecule has 1 atom stereocenters. The van der Waals surface area contributed by atoms with Crippen LogP contribution in [-0.2, 0) is 10.3 Å². The first-order valence-corrected chi connectivity index (χ1v) is 7.19. The highest BCUT2D eigenvalue weighted by Gasteiger charge is 2.46. The van der Waals surface area contributed by atoms with Crippen LogP contribution in [0.5, 0.6) is 11.5 Å². The minimum atomic E-state index is -0.809. The third-order valence-electron chi connectivity index (χ3n) is 3.94. The van der Waals surface area contributed by atoms with Crippen LogP contribution in [0.1, 0.15) is 17.5 Å². The van der Waals surface area contributed by atoms with Crippen LogP contribution in [0.15, 0.2) is 35.5 Å². The fourth-order valence-electron chi connectivity index (χ4n) is 2.99. The molecule has 1 spiro atoms. The van der Waals surface area contributed by atoms with Gasteiger partial charge in [-0.15, -0.1) is 0 Å². The van der Waals surface area contributed by atoms with E-state index in [1.165, 1.54) is 0 Å². The van der Waals surface area contributed by atoms with Gasteiger partial charge in [-0.2, -0.15) is 0 Å². The molecule has 4 N–H and O–H groups in total. The fraction of sp³-hybridized carbons (Fsp3) is 0.200. The van der Waals surface area contributed by atoms with Crippen LogP contribution >= 0.6 is 11.6 Å². The molecule has 0 amide bonds. The highest BCUT2D eigenvalue weighted by molar-refractivity contribution is 6.29. The van der Waals surface area contributed by atoms with Gasteiger partial charge in [0, 0.05) is 29.8 Å². The number of anilines is 1. The number of aromatic nitrogens is 1. The molecule has 0 radical (unpaired) electrons. The molecule has 1 aromatic heterocycles. The number of halogens is 1. The SMILES string of the molecule is NC1=NCCC2(O1)c1cc(N)ccc1Oc1cnc(Cl)cc12. The number of hydrogen-bond donors (Lipinski definition) is 2. The van der Waals surface area contributed by atoms with Gasteiger partial charge in [0.15, 0.2) is 11.4 Å². The Morgan fingerprint density at radius 2 is 1.95 bits per heavy atom. The van der Waals surface area contributed by atoms with Gasteiger partial charge >= 0.3 is 0 Å². The van der Waals surface area contributed by atoms with Gasteiger partial charge in [-0.25, -0.2) is 9.98 Å². The minimum absolute atomic E-state index is 0.139. The Hall–Kier alpha value is -2.47. The standard InChI is InChI=1S/C15H13ClN4O2/c16-13-6-10-12(7-20-13)21-11-2-1-8(17)5-9(11)15(10)3-4-19-14(18)22-15/h1-2,5-7H,3-4,17H2,(H2,18,19). The summed E-state index contributed by atoms with van der Waals surface area (Å²) in [6.45, 7) is 0.541. The van der Waals surface area contributed by atoms with Crippen molar-refractivity contribution in [1.29, 1.82) is 0 Å². The van der Waals surface area contributed by atoms with Crippen molar-refractivity contribution in [3.63, 3.8) is 0 Å². The van der Waals surface area contributed by atoms with Crippen molar-refractivity contribution in [3.8, 4) is 11.5 Å². The third-order valence-corrected chi connectivity index (χ3v) is 4.14. The Balaban J connectivity index is 2.01. The van der Waals surface area contributed by atoms with E-state index in [2.05, 4.69) is 9.98 Å². The fourth-order valence-corrected chi connectivity index (χ4v) is 3.15. The van der Waals surface area contributed by atoms with Gasteiger partial charge in [0.05, 0.1) is 6.20 Å². The first-order valence-electron chi connectivity index (χ1n) is 6.81. The van der Waals surface area contributed by atoms with Crippen molar-refractivity contribution in [1.82, 2.24) is 4.98 Å². The Labute approximate surface area is 131 Å². The molecule has 4 rings (SSSR count). The Kier molecular flexibility index (Phi) is 2.71. The maximum absolute atomic E-state index is 6.07. The number of pyridine rings is 1. The van der Waals surface area contributed by atoms with E-state index in [0.717, 1.165) is 11.1 Å². The molecule has 2 aliphatic heterocycles. The molecule has 6 nitrogen and oxygen atoms in total. The van der Waals surface area contributed by atoms with Crippen molar-refractivity contribution in [2.45, 2.75) is 12.0 Å². The van der Waals surface area contributed by atoms with E-state index in [-0.39, 0.29) is 6.02 Å². The molecular weight excluding hydrogens is 304 g/mol. The van der Waals surface area contributed by atoms with Gasteiger partial charge < -0.3 is 20.9 Å². The van der Waals surface area contributed by atoms with E-state index < -0.39 is 5.60 Å². The number of aliphatic imine (C=N–C) groups is 1. The highest BCUT2D eigenvalue weighted by Crippen LogP contribution is 2.52. The normalized spacial score (nSPS) is 22.1. The van der Waals surface area contributed by atoms with Crippen LogP contribution in [0.4, 0.5) is 5.69 Å². The topological polar surface area (TPSA) is 95.8 Å². The molecule has 0 saturated carbocycles. The van der Waals surface area contributed by atoms with Crippen LogP contribution in [-0.4, -0.2) is 17.6 Å². The van der Waals surface area contributed by atoms with E-state index in [4.69, 9.17) is 32.5 Å². The molecule has 0 aliphatic carbocycles. The Morgan fingerprint density at radius 3 is 2.77 bits per heavy atom. The number of benzene rings is 1. The first-order chi connectivity index (χ1) is 10.6. The second kappa shape index (κ2) is 4.51. The second-order valence-electron chi connectivity index (χ2n) is 5.26. The Morgan fingerprint density at radius 1 is 1.14 bits per heavy atom. The van der Waals surface area contributed by atoms with Gasteiger partial charge in [-0.3, -0.25) is 0 Å². The number of rotatable bonds is 0. The third kappa shape index (κ3) is 1.80. The van der Waals surface area contributed by atoms with Crippen molar-refractivity contribution < 1.29 is 9.47 Å². The lowest BCUT2D eigenvalue weighted by Crippen LogP contribution is -2.42. The van der Waals surface area contributed by atoms with Gasteiger partial charge in [0.2, 0.25) is 0 Å². The van der Waals surface area contributed by atoms with Crippen LogP contribution in [0.25, 0.3) is 0 Å². The monoisotopic (exact) mass is 316 g/mol. The number of hydrogen-bond acceptors (Lipinski definition) is 6. The largest absolute Gasteiger partial charge is 0.455 e. The summed E-state index contributed by atoms with van der Waals surface area (Å²) in [6.07, 6.45) is 2.20. The quantitative estimate of drug-likeness (QED) is 0.574. The first kappa shape index (κ1) is 13.2. The molecule has 3 heterocycles. The molecule has 22 heavy (non-hydrogen) atoms. The maximum Gasteiger partial charge on any atom is 0.283 e. The van der Waals surface area contributed by atoms with Crippen molar-refractivity contribution in [2.24, 2.45) is 10.7 Å². The molecule has 112 valence electrons. The predicted octanol–water partition coefficient (Wildman–Crippen LogP) is 2.40.